The molecule has 3 aromatic rings. The Morgan fingerprint density at radius 1 is 1.12 bits per heavy atom. The fourth-order valence-electron chi connectivity index (χ4n) is 5.69. The predicted molar refractivity (Wildman–Crippen MR) is 158 cm³/mol. The number of piperidine rings is 1. The first-order valence-corrected chi connectivity index (χ1v) is 14.5. The maximum atomic E-state index is 14.8. The number of rotatable bonds is 8. The number of hydrogen-bond donors (Lipinski definition) is 3. The summed E-state index contributed by atoms with van der Waals surface area (Å²) in [6.45, 7) is 8.84. The summed E-state index contributed by atoms with van der Waals surface area (Å²) in [6, 6.07) is 5.05. The second-order valence-corrected chi connectivity index (χ2v) is 10.9. The number of benzene rings is 1. The summed E-state index contributed by atoms with van der Waals surface area (Å²) < 4.78 is 65.6. The van der Waals surface area contributed by atoms with Crippen LogP contribution in [0.3, 0.4) is 0 Å². The summed E-state index contributed by atoms with van der Waals surface area (Å²) >= 11 is 0. The standard InChI is InChI=1S/C29H37F4N9O/c1-5-40-10-8-20(9-11-40)36-26(29(31,32)33)25(18(3)34)22-15-24(41-12-13-43-16-17(41)2)39-28(38-22)42-23-7-6-19(30)14-21(23)37-27(42)35-4/h6-7,14-15,17,20,34,36H,5,8-13,16H2,1-4H3,(H,35,37)/b26-25+,34-18?. The molecular weight excluding hydrogens is 566 g/mol. The molecule has 0 radical (unpaired) electrons. The van der Waals surface area contributed by atoms with E-state index in [1.807, 2.05) is 18.7 Å². The molecule has 0 saturated carbocycles. The SMILES string of the molecule is CCN1CCC(N/C(=C(\C(C)=N)c2cc(N3CCOCC3C)nc(-n3c(NC)nc4cc(F)ccc43)n2)C(F)(F)F)CC1. The van der Waals surface area contributed by atoms with Crippen LogP contribution in [0.1, 0.15) is 39.3 Å². The van der Waals surface area contributed by atoms with Crippen LogP contribution in [0.25, 0.3) is 22.6 Å². The van der Waals surface area contributed by atoms with Gasteiger partial charge in [-0.05, 0) is 45.4 Å². The topological polar surface area (TPSA) is 107 Å². The van der Waals surface area contributed by atoms with Crippen LogP contribution in [0.15, 0.2) is 30.0 Å². The number of imidazole rings is 1. The minimum atomic E-state index is -4.77. The number of nitrogens with zero attached hydrogens (tertiary/aromatic N) is 6. The predicted octanol–water partition coefficient (Wildman–Crippen LogP) is 4.61. The van der Waals surface area contributed by atoms with Crippen LogP contribution in [0, 0.1) is 11.2 Å². The normalized spacial score (nSPS) is 19.4. The molecule has 2 saturated heterocycles. The van der Waals surface area contributed by atoms with E-state index in [4.69, 9.17) is 15.1 Å². The van der Waals surface area contributed by atoms with Gasteiger partial charge in [0.25, 0.3) is 0 Å². The van der Waals surface area contributed by atoms with Gasteiger partial charge < -0.3 is 30.6 Å². The van der Waals surface area contributed by atoms with Gasteiger partial charge in [-0.25, -0.2) is 18.9 Å². The number of allylic oxidation sites excluding steroid dienone is 2. The summed E-state index contributed by atoms with van der Waals surface area (Å²) in [5.41, 5.74) is -0.886. The van der Waals surface area contributed by atoms with Crippen LogP contribution < -0.4 is 15.5 Å². The largest absolute Gasteiger partial charge is 0.431 e. The van der Waals surface area contributed by atoms with Crippen molar-refractivity contribution in [1.82, 2.24) is 29.7 Å². The smallest absolute Gasteiger partial charge is 0.378 e. The molecule has 43 heavy (non-hydrogen) atoms. The number of ether oxygens (including phenoxy) is 1. The number of aromatic nitrogens is 4. The van der Waals surface area contributed by atoms with Crippen molar-refractivity contribution in [3.8, 4) is 5.95 Å². The summed E-state index contributed by atoms with van der Waals surface area (Å²) in [5, 5.41) is 14.3. The zero-order valence-electron chi connectivity index (χ0n) is 24.7. The molecule has 2 aliphatic rings. The summed E-state index contributed by atoms with van der Waals surface area (Å²) in [5.74, 6) is 0.236. The highest BCUT2D eigenvalue weighted by molar-refractivity contribution is 6.21. The van der Waals surface area contributed by atoms with Crippen LogP contribution >= 0.6 is 0 Å². The third kappa shape index (κ3) is 6.44. The van der Waals surface area contributed by atoms with Crippen molar-refractivity contribution in [2.75, 3.05) is 56.7 Å². The van der Waals surface area contributed by atoms with Gasteiger partial charge in [0.05, 0.1) is 36.0 Å². The monoisotopic (exact) mass is 603 g/mol. The molecule has 4 heterocycles. The van der Waals surface area contributed by atoms with Gasteiger partial charge in [-0.3, -0.25) is 0 Å². The quantitative estimate of drug-likeness (QED) is 0.253. The number of anilines is 2. The van der Waals surface area contributed by atoms with Crippen molar-refractivity contribution in [2.45, 2.75) is 51.9 Å². The number of nitrogens with one attached hydrogen (secondary N) is 3. The number of hydrogen-bond acceptors (Lipinski definition) is 9. The molecule has 232 valence electrons. The van der Waals surface area contributed by atoms with Gasteiger partial charge in [0.1, 0.15) is 17.3 Å². The lowest BCUT2D eigenvalue weighted by Crippen LogP contribution is -2.45. The molecule has 3 N–H and O–H groups in total. The molecule has 1 atom stereocenters. The average molecular weight is 604 g/mol. The maximum absolute atomic E-state index is 14.8. The fraction of sp³-hybridized carbons (Fsp3) is 0.517. The van der Waals surface area contributed by atoms with E-state index in [1.54, 1.807) is 11.6 Å². The van der Waals surface area contributed by atoms with Crippen molar-refractivity contribution in [3.63, 3.8) is 0 Å². The Labute approximate surface area is 247 Å². The van der Waals surface area contributed by atoms with Crippen molar-refractivity contribution in [3.05, 3.63) is 41.5 Å². The van der Waals surface area contributed by atoms with Crippen molar-refractivity contribution in [1.29, 1.82) is 5.41 Å². The molecular formula is C29H37F4N9O. The molecule has 2 fully saturated rings. The number of likely N-dealkylation sites (tertiary alicyclic amines) is 1. The third-order valence-corrected chi connectivity index (χ3v) is 7.95. The highest BCUT2D eigenvalue weighted by Gasteiger charge is 2.40. The zero-order chi connectivity index (χ0) is 30.9. The Bertz CT molecular complexity index is 1510. The summed E-state index contributed by atoms with van der Waals surface area (Å²) in [6.07, 6.45) is -3.68. The highest BCUT2D eigenvalue weighted by atomic mass is 19.4. The summed E-state index contributed by atoms with van der Waals surface area (Å²) in [4.78, 5) is 18.0. The Morgan fingerprint density at radius 2 is 1.86 bits per heavy atom. The van der Waals surface area contributed by atoms with E-state index in [0.717, 1.165) is 6.54 Å². The molecule has 0 amide bonds. The Hall–Kier alpha value is -3.78. The molecule has 5 rings (SSSR count). The lowest BCUT2D eigenvalue weighted by molar-refractivity contribution is -0.0975. The number of morpholine rings is 1. The zero-order valence-corrected chi connectivity index (χ0v) is 24.7. The molecule has 14 heteroatoms. The Balaban J connectivity index is 1.72. The molecule has 0 bridgehead atoms. The number of halogens is 4. The van der Waals surface area contributed by atoms with E-state index in [0.29, 0.717) is 62.5 Å². The minimum Gasteiger partial charge on any atom is -0.378 e. The van der Waals surface area contributed by atoms with Crippen LogP contribution in [0.4, 0.5) is 29.3 Å². The third-order valence-electron chi connectivity index (χ3n) is 7.95. The first-order chi connectivity index (χ1) is 20.5. The van der Waals surface area contributed by atoms with Gasteiger partial charge in [0.15, 0.2) is 0 Å². The number of fused-ring (bicyclic) bond motifs is 1. The maximum Gasteiger partial charge on any atom is 0.431 e. The van der Waals surface area contributed by atoms with Gasteiger partial charge in [0.2, 0.25) is 11.9 Å². The van der Waals surface area contributed by atoms with Gasteiger partial charge >= 0.3 is 6.18 Å². The van der Waals surface area contributed by atoms with E-state index in [-0.39, 0.29) is 34.9 Å². The van der Waals surface area contributed by atoms with Crippen molar-refractivity contribution >= 4 is 34.1 Å². The minimum absolute atomic E-state index is 0.0428. The van der Waals surface area contributed by atoms with E-state index < -0.39 is 23.7 Å². The van der Waals surface area contributed by atoms with Crippen LogP contribution in [-0.4, -0.2) is 94.8 Å². The molecule has 2 aliphatic heterocycles. The Morgan fingerprint density at radius 3 is 2.49 bits per heavy atom. The molecule has 1 aromatic carbocycles. The van der Waals surface area contributed by atoms with Gasteiger partial charge in [-0.2, -0.15) is 18.2 Å². The van der Waals surface area contributed by atoms with Crippen LogP contribution in [0.2, 0.25) is 0 Å². The molecule has 1 unspecified atom stereocenters. The van der Waals surface area contributed by atoms with E-state index in [1.165, 1.54) is 31.2 Å². The van der Waals surface area contributed by atoms with Crippen LogP contribution in [-0.2, 0) is 4.74 Å². The van der Waals surface area contributed by atoms with Gasteiger partial charge in [0, 0.05) is 56.1 Å². The Kier molecular flexibility index (Phi) is 8.88. The van der Waals surface area contributed by atoms with E-state index in [9.17, 15) is 17.6 Å². The lowest BCUT2D eigenvalue weighted by Gasteiger charge is -2.35. The highest BCUT2D eigenvalue weighted by Crippen LogP contribution is 2.34. The lowest BCUT2D eigenvalue weighted by atomic mass is 10.0. The first-order valence-electron chi connectivity index (χ1n) is 14.5. The molecule has 0 spiro atoms. The average Bonchev–Trinajstić information content (AvgIpc) is 3.34. The first kappa shape index (κ1) is 30.7. The van der Waals surface area contributed by atoms with E-state index in [2.05, 4.69) is 25.5 Å². The molecule has 10 nitrogen and oxygen atoms in total. The molecule has 2 aromatic heterocycles. The second-order valence-electron chi connectivity index (χ2n) is 10.9. The van der Waals surface area contributed by atoms with Crippen molar-refractivity contribution in [2.24, 2.45) is 0 Å². The summed E-state index contributed by atoms with van der Waals surface area (Å²) in [7, 11) is 1.63. The fourth-order valence-corrected chi connectivity index (χ4v) is 5.69. The van der Waals surface area contributed by atoms with Crippen LogP contribution in [0.5, 0.6) is 0 Å². The van der Waals surface area contributed by atoms with E-state index >= 15 is 0 Å². The molecule has 0 aliphatic carbocycles. The number of alkyl halides is 3. The second kappa shape index (κ2) is 12.4. The van der Waals surface area contributed by atoms with Gasteiger partial charge in [-0.15, -0.1) is 0 Å². The van der Waals surface area contributed by atoms with Gasteiger partial charge in [-0.1, -0.05) is 6.92 Å². The van der Waals surface area contributed by atoms with Crippen molar-refractivity contribution < 1.29 is 22.3 Å².